The van der Waals surface area contributed by atoms with Crippen molar-refractivity contribution in [2.24, 2.45) is 16.5 Å². The third-order valence-electron chi connectivity index (χ3n) is 8.49. The van der Waals surface area contributed by atoms with Crippen LogP contribution in [-0.4, -0.2) is 80.1 Å². The number of nitrogens with two attached hydrogens (primary N) is 2. The molecule has 3 rings (SSSR count). The molecule has 240 valence electrons. The summed E-state index contributed by atoms with van der Waals surface area (Å²) >= 11 is 0. The zero-order valence-corrected chi connectivity index (χ0v) is 26.7. The number of allylic oxidation sites excluding steroid dienone is 2. The number of nitrogens with one attached hydrogen (secondary N) is 2. The molecular weight excluding hydrogens is 554 g/mol. The maximum atomic E-state index is 13.3. The van der Waals surface area contributed by atoms with Crippen LogP contribution in [0.5, 0.6) is 0 Å². The van der Waals surface area contributed by atoms with E-state index in [0.717, 1.165) is 43.2 Å². The van der Waals surface area contributed by atoms with Gasteiger partial charge in [-0.05, 0) is 83.7 Å². The number of nitrogens with zero attached hydrogens (tertiary/aromatic N) is 3. The highest BCUT2D eigenvalue weighted by Crippen LogP contribution is 2.44. The van der Waals surface area contributed by atoms with Crippen LogP contribution in [0.2, 0.25) is 0 Å². The van der Waals surface area contributed by atoms with Crippen LogP contribution in [-0.2, 0) is 14.9 Å². The molecule has 0 radical (unpaired) electrons. The van der Waals surface area contributed by atoms with E-state index >= 15 is 0 Å². The first-order chi connectivity index (χ1) is 21.2. The number of aldehydes is 1. The number of hydrogen-bond acceptors (Lipinski definition) is 7. The van der Waals surface area contributed by atoms with Gasteiger partial charge in [-0.1, -0.05) is 60.7 Å². The Balaban J connectivity index is 1.69. The van der Waals surface area contributed by atoms with Gasteiger partial charge in [0.05, 0.1) is 11.5 Å². The maximum Gasteiger partial charge on any atom is 0.412 e. The molecule has 10 nitrogen and oxygen atoms in total. The zero-order chi connectivity index (χ0) is 32.0. The quantitative estimate of drug-likeness (QED) is 0.0700. The van der Waals surface area contributed by atoms with E-state index in [0.29, 0.717) is 38.1 Å². The van der Waals surface area contributed by atoms with Gasteiger partial charge >= 0.3 is 6.09 Å². The fourth-order valence-electron chi connectivity index (χ4n) is 5.93. The van der Waals surface area contributed by atoms with E-state index in [4.69, 9.17) is 16.2 Å². The molecular formula is C34H51N7O3. The Morgan fingerprint density at radius 1 is 1.14 bits per heavy atom. The number of ether oxygens (including phenoxy) is 1. The minimum atomic E-state index is -0.671. The number of hydrazine groups is 1. The number of amides is 1. The summed E-state index contributed by atoms with van der Waals surface area (Å²) in [6.45, 7) is 5.90. The largest absolute Gasteiger partial charge is 0.414 e. The van der Waals surface area contributed by atoms with Crippen LogP contribution < -0.4 is 22.2 Å². The lowest BCUT2D eigenvalue weighted by Crippen LogP contribution is -2.48. The molecule has 2 aromatic rings. The van der Waals surface area contributed by atoms with Crippen molar-refractivity contribution < 1.29 is 14.3 Å². The first-order valence-corrected chi connectivity index (χ1v) is 15.6. The molecule has 0 bridgehead atoms. The summed E-state index contributed by atoms with van der Waals surface area (Å²) in [5.74, 6) is 0.654. The molecule has 2 aromatic carbocycles. The van der Waals surface area contributed by atoms with Crippen LogP contribution in [0, 0.1) is 0 Å². The average Bonchev–Trinajstić information content (AvgIpc) is 3.47. The van der Waals surface area contributed by atoms with E-state index in [-0.39, 0.29) is 24.1 Å². The highest BCUT2D eigenvalue weighted by atomic mass is 16.6. The molecule has 1 fully saturated rings. The van der Waals surface area contributed by atoms with E-state index in [9.17, 15) is 9.59 Å². The molecule has 0 spiro atoms. The van der Waals surface area contributed by atoms with Gasteiger partial charge < -0.3 is 31.2 Å². The number of benzene rings is 2. The van der Waals surface area contributed by atoms with Crippen LogP contribution in [0.15, 0.2) is 77.5 Å². The highest BCUT2D eigenvalue weighted by Gasteiger charge is 2.42. The Kier molecular flexibility index (Phi) is 13.9. The van der Waals surface area contributed by atoms with Gasteiger partial charge in [0.15, 0.2) is 5.96 Å². The van der Waals surface area contributed by atoms with Gasteiger partial charge in [0.1, 0.15) is 12.0 Å². The molecule has 0 aliphatic carbocycles. The summed E-state index contributed by atoms with van der Waals surface area (Å²) < 4.78 is 6.19. The Morgan fingerprint density at radius 2 is 1.77 bits per heavy atom. The summed E-state index contributed by atoms with van der Waals surface area (Å²) in [7, 11) is 4.14. The second kappa shape index (κ2) is 17.5. The van der Waals surface area contributed by atoms with Crippen LogP contribution >= 0.6 is 0 Å². The van der Waals surface area contributed by atoms with Gasteiger partial charge in [-0.25, -0.2) is 15.2 Å². The molecule has 1 heterocycles. The van der Waals surface area contributed by atoms with Crippen molar-refractivity contribution in [2.45, 2.75) is 75.9 Å². The van der Waals surface area contributed by atoms with Gasteiger partial charge in [-0.2, -0.15) is 0 Å². The predicted molar refractivity (Wildman–Crippen MR) is 177 cm³/mol. The summed E-state index contributed by atoms with van der Waals surface area (Å²) in [6, 6.07) is 20.6. The maximum absolute atomic E-state index is 13.3. The predicted octanol–water partition coefficient (Wildman–Crippen LogP) is 3.92. The summed E-state index contributed by atoms with van der Waals surface area (Å²) in [6.07, 6.45) is 7.16. The van der Waals surface area contributed by atoms with Crippen LogP contribution in [0.4, 0.5) is 4.79 Å². The third kappa shape index (κ3) is 9.64. The minimum absolute atomic E-state index is 0.0572. The molecule has 1 aliphatic heterocycles. The van der Waals surface area contributed by atoms with Crippen molar-refractivity contribution in [3.63, 3.8) is 0 Å². The van der Waals surface area contributed by atoms with Crippen LogP contribution in [0.1, 0.15) is 63.5 Å². The second-order valence-corrected chi connectivity index (χ2v) is 11.7. The fraction of sp³-hybridized carbons (Fsp3) is 0.500. The molecule has 3 atom stereocenters. The van der Waals surface area contributed by atoms with Gasteiger partial charge in [0, 0.05) is 31.7 Å². The number of hydrogen-bond donors (Lipinski definition) is 4. The van der Waals surface area contributed by atoms with Crippen molar-refractivity contribution in [3.8, 4) is 0 Å². The fourth-order valence-corrected chi connectivity index (χ4v) is 5.93. The molecule has 10 heteroatoms. The van der Waals surface area contributed by atoms with Crippen molar-refractivity contribution in [1.82, 2.24) is 20.7 Å². The Hall–Kier alpha value is -3.73. The molecule has 1 aliphatic rings. The third-order valence-corrected chi connectivity index (χ3v) is 8.49. The monoisotopic (exact) mass is 605 g/mol. The van der Waals surface area contributed by atoms with Gasteiger partial charge in [-0.3, -0.25) is 4.99 Å². The molecule has 2 unspecified atom stereocenters. The summed E-state index contributed by atoms with van der Waals surface area (Å²) in [5.41, 5.74) is 15.6. The zero-order valence-electron chi connectivity index (χ0n) is 26.7. The summed E-state index contributed by atoms with van der Waals surface area (Å²) in [5, 5.41) is 5.12. The number of carbonyl (C=O) groups excluding carboxylic acids is 2. The lowest BCUT2D eigenvalue weighted by atomic mass is 9.68. The lowest BCUT2D eigenvalue weighted by molar-refractivity contribution is -0.111. The van der Waals surface area contributed by atoms with Gasteiger partial charge in [-0.15, -0.1) is 0 Å². The molecule has 1 amide bonds. The van der Waals surface area contributed by atoms with Crippen molar-refractivity contribution in [2.75, 3.05) is 33.7 Å². The van der Waals surface area contributed by atoms with Crippen LogP contribution in [0.25, 0.3) is 0 Å². The Morgan fingerprint density at radius 3 is 2.32 bits per heavy atom. The highest BCUT2D eigenvalue weighted by molar-refractivity contribution is 5.75. The first-order valence-electron chi connectivity index (χ1n) is 15.6. The Labute approximate surface area is 262 Å². The molecule has 0 saturated carbocycles. The average molecular weight is 606 g/mol. The van der Waals surface area contributed by atoms with E-state index < -0.39 is 11.5 Å². The second-order valence-electron chi connectivity index (χ2n) is 11.7. The molecule has 0 aromatic heterocycles. The SMILES string of the molecule is C/C=C(\OC(=O)NCCC1CCCN1N[C@H](C=O)CCCN=C(N)N)C(CC(C)N(C)C)(c1ccccc1)c1ccccc1. The van der Waals surface area contributed by atoms with E-state index in [1.165, 1.54) is 0 Å². The summed E-state index contributed by atoms with van der Waals surface area (Å²) in [4.78, 5) is 31.2. The van der Waals surface area contributed by atoms with E-state index in [1.807, 2.05) is 49.4 Å². The minimum Gasteiger partial charge on any atom is -0.414 e. The normalized spacial score (nSPS) is 17.2. The van der Waals surface area contributed by atoms with Crippen molar-refractivity contribution in [3.05, 3.63) is 83.6 Å². The first kappa shape index (κ1) is 34.8. The van der Waals surface area contributed by atoms with Crippen molar-refractivity contribution in [1.29, 1.82) is 0 Å². The number of alkyl carbamates (subject to hydrolysis) is 1. The van der Waals surface area contributed by atoms with Gasteiger partial charge in [0.2, 0.25) is 0 Å². The van der Waals surface area contributed by atoms with E-state index in [2.05, 4.69) is 70.9 Å². The molecule has 6 N–H and O–H groups in total. The standard InChI is InChI=1S/C34H51N7O3/c1-5-31(34(24-26(2)40(3)4,27-14-8-6-9-15-27)28-16-10-7-11-17-28)44-33(43)38-22-20-30-19-13-23-41(30)39-29(25-42)18-12-21-37-32(35)36/h5-11,14-17,25-26,29-30,39H,12-13,18-24H2,1-4H3,(H,38,43)(H4,35,36,37)/b31-5-/t26?,29-,30?/m0/s1. The number of carbonyl (C=O) groups is 2. The van der Waals surface area contributed by atoms with Crippen LogP contribution in [0.3, 0.4) is 0 Å². The van der Waals surface area contributed by atoms with E-state index in [1.54, 1.807) is 0 Å². The van der Waals surface area contributed by atoms with Gasteiger partial charge in [0.25, 0.3) is 0 Å². The Bertz CT molecular complexity index is 1180. The molecule has 44 heavy (non-hydrogen) atoms. The number of rotatable bonds is 17. The smallest absolute Gasteiger partial charge is 0.412 e. The molecule has 1 saturated heterocycles. The topological polar surface area (TPSA) is 138 Å². The number of guanidine groups is 1. The number of aliphatic imine (C=N–C) groups is 1. The van der Waals surface area contributed by atoms with Crippen molar-refractivity contribution >= 4 is 18.3 Å². The lowest BCUT2D eigenvalue weighted by Gasteiger charge is -2.39.